The van der Waals surface area contributed by atoms with E-state index in [2.05, 4.69) is 5.32 Å². The lowest BCUT2D eigenvalue weighted by atomic mass is 9.90. The first-order chi connectivity index (χ1) is 14.8. The van der Waals surface area contributed by atoms with Crippen LogP contribution in [-0.2, 0) is 15.8 Å². The molecular formula is C24H21F3N2O2. The number of hydrogen-bond acceptors (Lipinski definition) is 2. The van der Waals surface area contributed by atoms with Gasteiger partial charge in [0, 0.05) is 7.05 Å². The first-order valence-electron chi connectivity index (χ1n) is 9.58. The number of alkyl halides is 3. The summed E-state index contributed by atoms with van der Waals surface area (Å²) in [6.45, 7) is -0.388. The number of likely N-dealkylation sites (N-methyl/N-ethyl adjacent to an activating group) is 1. The van der Waals surface area contributed by atoms with Gasteiger partial charge in [0.15, 0.2) is 0 Å². The molecule has 0 aliphatic heterocycles. The van der Waals surface area contributed by atoms with Gasteiger partial charge in [-0.15, -0.1) is 0 Å². The summed E-state index contributed by atoms with van der Waals surface area (Å²) in [4.78, 5) is 26.9. The van der Waals surface area contributed by atoms with Gasteiger partial charge in [0.1, 0.15) is 0 Å². The van der Waals surface area contributed by atoms with Crippen molar-refractivity contribution in [1.29, 1.82) is 0 Å². The van der Waals surface area contributed by atoms with Crippen LogP contribution in [0.1, 0.15) is 22.6 Å². The minimum absolute atomic E-state index is 0.336. The van der Waals surface area contributed by atoms with Crippen molar-refractivity contribution >= 4 is 17.5 Å². The minimum Gasteiger partial charge on any atom is -0.336 e. The summed E-state index contributed by atoms with van der Waals surface area (Å²) in [5.41, 5.74) is 0.231. The van der Waals surface area contributed by atoms with Crippen LogP contribution < -0.4 is 5.32 Å². The number of anilines is 1. The van der Waals surface area contributed by atoms with Gasteiger partial charge in [0.25, 0.3) is 0 Å². The normalized spacial score (nSPS) is 11.3. The van der Waals surface area contributed by atoms with Crippen molar-refractivity contribution in [2.24, 2.45) is 0 Å². The van der Waals surface area contributed by atoms with Gasteiger partial charge in [-0.25, -0.2) is 0 Å². The Kier molecular flexibility index (Phi) is 6.74. The molecule has 0 unspecified atom stereocenters. The topological polar surface area (TPSA) is 49.4 Å². The average Bonchev–Trinajstić information content (AvgIpc) is 2.75. The molecule has 1 N–H and O–H groups in total. The fraction of sp³-hybridized carbons (Fsp3) is 0.167. The van der Waals surface area contributed by atoms with E-state index in [9.17, 15) is 22.8 Å². The third kappa shape index (κ3) is 5.51. The van der Waals surface area contributed by atoms with E-state index in [1.165, 1.54) is 30.1 Å². The van der Waals surface area contributed by atoms with E-state index in [4.69, 9.17) is 0 Å². The molecule has 0 atom stereocenters. The van der Waals surface area contributed by atoms with Crippen molar-refractivity contribution in [3.63, 3.8) is 0 Å². The molecule has 2 amide bonds. The van der Waals surface area contributed by atoms with Gasteiger partial charge in [0.05, 0.1) is 23.7 Å². The number of nitrogens with one attached hydrogen (secondary N) is 1. The summed E-state index contributed by atoms with van der Waals surface area (Å²) < 4.78 is 39.5. The quantitative estimate of drug-likeness (QED) is 0.607. The standard InChI is InChI=1S/C24H21F3N2O2/c1-29(16-21(30)28-20-15-9-8-14-19(20)24(25,26)27)23(31)22(17-10-4-2-5-11-17)18-12-6-3-7-13-18/h2-15,22H,16H2,1H3,(H,28,30). The van der Waals surface area contributed by atoms with Crippen molar-refractivity contribution < 1.29 is 22.8 Å². The molecular weight excluding hydrogens is 405 g/mol. The number of carbonyl (C=O) groups is 2. The molecule has 3 aromatic rings. The molecule has 7 heteroatoms. The van der Waals surface area contributed by atoms with Gasteiger partial charge >= 0.3 is 6.18 Å². The summed E-state index contributed by atoms with van der Waals surface area (Å²) in [6, 6.07) is 23.0. The zero-order valence-corrected chi connectivity index (χ0v) is 16.8. The Balaban J connectivity index is 1.78. The summed E-state index contributed by atoms with van der Waals surface area (Å²) in [7, 11) is 1.45. The van der Waals surface area contributed by atoms with Crippen LogP contribution in [0.5, 0.6) is 0 Å². The van der Waals surface area contributed by atoms with Crippen molar-refractivity contribution in [1.82, 2.24) is 4.90 Å². The Morgan fingerprint density at radius 3 is 1.84 bits per heavy atom. The lowest BCUT2D eigenvalue weighted by Gasteiger charge is -2.24. The predicted octanol–water partition coefficient (Wildman–Crippen LogP) is 4.93. The van der Waals surface area contributed by atoms with Gasteiger partial charge in [-0.3, -0.25) is 9.59 Å². The van der Waals surface area contributed by atoms with Gasteiger partial charge in [-0.05, 0) is 23.3 Å². The number of para-hydroxylation sites is 1. The van der Waals surface area contributed by atoms with E-state index in [0.717, 1.165) is 17.2 Å². The Hall–Kier alpha value is -3.61. The Morgan fingerprint density at radius 2 is 1.32 bits per heavy atom. The maximum atomic E-state index is 13.2. The summed E-state index contributed by atoms with van der Waals surface area (Å²) >= 11 is 0. The maximum absolute atomic E-state index is 13.2. The van der Waals surface area contributed by atoms with E-state index in [1.54, 1.807) is 0 Å². The molecule has 31 heavy (non-hydrogen) atoms. The molecule has 0 saturated carbocycles. The van der Waals surface area contributed by atoms with Crippen LogP contribution >= 0.6 is 0 Å². The Morgan fingerprint density at radius 1 is 0.839 bits per heavy atom. The average molecular weight is 426 g/mol. The highest BCUT2D eigenvalue weighted by atomic mass is 19.4. The molecule has 0 spiro atoms. The zero-order valence-electron chi connectivity index (χ0n) is 16.8. The highest BCUT2D eigenvalue weighted by molar-refractivity contribution is 5.96. The number of amides is 2. The van der Waals surface area contributed by atoms with Crippen LogP contribution in [0.4, 0.5) is 18.9 Å². The monoisotopic (exact) mass is 426 g/mol. The van der Waals surface area contributed by atoms with E-state index in [-0.39, 0.29) is 18.1 Å². The van der Waals surface area contributed by atoms with E-state index in [0.29, 0.717) is 0 Å². The largest absolute Gasteiger partial charge is 0.418 e. The highest BCUT2D eigenvalue weighted by Gasteiger charge is 2.34. The fourth-order valence-corrected chi connectivity index (χ4v) is 3.31. The number of carbonyl (C=O) groups excluding carboxylic acids is 2. The number of benzene rings is 3. The molecule has 0 saturated heterocycles. The third-order valence-electron chi connectivity index (χ3n) is 4.78. The second kappa shape index (κ2) is 9.47. The summed E-state index contributed by atoms with van der Waals surface area (Å²) in [6.07, 6.45) is -4.60. The Bertz CT molecular complexity index is 998. The molecule has 0 aliphatic carbocycles. The van der Waals surface area contributed by atoms with Crippen LogP contribution in [0.2, 0.25) is 0 Å². The molecule has 160 valence electrons. The number of halogens is 3. The maximum Gasteiger partial charge on any atom is 0.418 e. The lowest BCUT2D eigenvalue weighted by Crippen LogP contribution is -2.38. The molecule has 0 radical (unpaired) electrons. The molecule has 0 bridgehead atoms. The molecule has 0 heterocycles. The number of hydrogen-bond donors (Lipinski definition) is 1. The molecule has 0 aromatic heterocycles. The summed E-state index contributed by atoms with van der Waals surface area (Å²) in [5, 5.41) is 2.27. The van der Waals surface area contributed by atoms with Gasteiger partial charge in [-0.2, -0.15) is 13.2 Å². The molecule has 4 nitrogen and oxygen atoms in total. The van der Waals surface area contributed by atoms with Gasteiger partial charge < -0.3 is 10.2 Å². The lowest BCUT2D eigenvalue weighted by molar-refractivity contribution is -0.137. The van der Waals surface area contributed by atoms with E-state index < -0.39 is 23.6 Å². The fourth-order valence-electron chi connectivity index (χ4n) is 3.31. The van der Waals surface area contributed by atoms with Crippen LogP contribution in [0.25, 0.3) is 0 Å². The van der Waals surface area contributed by atoms with Crippen LogP contribution in [0.15, 0.2) is 84.9 Å². The van der Waals surface area contributed by atoms with Crippen LogP contribution in [0, 0.1) is 0 Å². The second-order valence-corrected chi connectivity index (χ2v) is 7.04. The number of nitrogens with zero attached hydrogens (tertiary/aromatic N) is 1. The molecule has 0 fully saturated rings. The minimum atomic E-state index is -4.60. The van der Waals surface area contributed by atoms with Crippen LogP contribution in [-0.4, -0.2) is 30.3 Å². The van der Waals surface area contributed by atoms with Crippen molar-refractivity contribution in [3.05, 3.63) is 102 Å². The van der Waals surface area contributed by atoms with E-state index in [1.807, 2.05) is 60.7 Å². The smallest absolute Gasteiger partial charge is 0.336 e. The summed E-state index contributed by atoms with van der Waals surface area (Å²) in [5.74, 6) is -1.69. The number of rotatable bonds is 6. The second-order valence-electron chi connectivity index (χ2n) is 7.04. The first-order valence-corrected chi connectivity index (χ1v) is 9.58. The molecule has 3 aromatic carbocycles. The predicted molar refractivity (Wildman–Crippen MR) is 112 cm³/mol. The third-order valence-corrected chi connectivity index (χ3v) is 4.78. The van der Waals surface area contributed by atoms with Crippen molar-refractivity contribution in [2.75, 3.05) is 18.9 Å². The first kappa shape index (κ1) is 22.1. The zero-order chi connectivity index (χ0) is 22.4. The van der Waals surface area contributed by atoms with Gasteiger partial charge in [-0.1, -0.05) is 72.8 Å². The van der Waals surface area contributed by atoms with E-state index >= 15 is 0 Å². The highest BCUT2D eigenvalue weighted by Crippen LogP contribution is 2.34. The Labute approximate surface area is 178 Å². The molecule has 0 aliphatic rings. The van der Waals surface area contributed by atoms with Crippen molar-refractivity contribution in [3.8, 4) is 0 Å². The van der Waals surface area contributed by atoms with Crippen molar-refractivity contribution in [2.45, 2.75) is 12.1 Å². The molecule has 3 rings (SSSR count). The van der Waals surface area contributed by atoms with Gasteiger partial charge in [0.2, 0.25) is 11.8 Å². The van der Waals surface area contributed by atoms with Crippen LogP contribution in [0.3, 0.4) is 0 Å². The SMILES string of the molecule is CN(CC(=O)Nc1ccccc1C(F)(F)F)C(=O)C(c1ccccc1)c1ccccc1.